The zero-order valence-electron chi connectivity index (χ0n) is 7.81. The van der Waals surface area contributed by atoms with Gasteiger partial charge in [-0.2, -0.15) is 0 Å². The summed E-state index contributed by atoms with van der Waals surface area (Å²) in [5.41, 5.74) is 0.898. The molecular formula is C11H8BrNO2. The van der Waals surface area contributed by atoms with Gasteiger partial charge >= 0.3 is 0 Å². The molecule has 0 unspecified atom stereocenters. The number of hydrogen-bond acceptors (Lipinski definition) is 3. The van der Waals surface area contributed by atoms with Gasteiger partial charge in [0.25, 0.3) is 0 Å². The third kappa shape index (κ3) is 2.33. The van der Waals surface area contributed by atoms with Crippen molar-refractivity contribution in [1.82, 2.24) is 4.98 Å². The van der Waals surface area contributed by atoms with Crippen LogP contribution < -0.4 is 0 Å². The fourth-order valence-electron chi connectivity index (χ4n) is 1.21. The van der Waals surface area contributed by atoms with Crippen LogP contribution in [0.5, 0.6) is 0 Å². The minimum Gasteiger partial charge on any atom is -0.441 e. The second kappa shape index (κ2) is 4.40. The van der Waals surface area contributed by atoms with E-state index in [1.165, 1.54) is 0 Å². The summed E-state index contributed by atoms with van der Waals surface area (Å²) in [7, 11) is 0. The number of oxazole rings is 1. The Kier molecular flexibility index (Phi) is 2.97. The quantitative estimate of drug-likeness (QED) is 0.802. The molecule has 0 aliphatic rings. The molecule has 0 saturated carbocycles. The molecule has 0 aliphatic heterocycles. The lowest BCUT2D eigenvalue weighted by molar-refractivity contribution is -0.107. The predicted molar refractivity (Wildman–Crippen MR) is 59.4 cm³/mol. The van der Waals surface area contributed by atoms with E-state index in [9.17, 15) is 4.79 Å². The van der Waals surface area contributed by atoms with E-state index in [2.05, 4.69) is 20.9 Å². The van der Waals surface area contributed by atoms with Gasteiger partial charge in [0.15, 0.2) is 0 Å². The molecule has 15 heavy (non-hydrogen) atoms. The first-order valence-electron chi connectivity index (χ1n) is 4.44. The zero-order chi connectivity index (χ0) is 10.7. The van der Waals surface area contributed by atoms with Crippen LogP contribution >= 0.6 is 15.9 Å². The summed E-state index contributed by atoms with van der Waals surface area (Å²) >= 11 is 3.35. The van der Waals surface area contributed by atoms with Crippen LogP contribution in [0.1, 0.15) is 5.76 Å². The molecule has 0 N–H and O–H groups in total. The van der Waals surface area contributed by atoms with Crippen LogP contribution in [0.4, 0.5) is 0 Å². The molecule has 0 fully saturated rings. The molecule has 0 bridgehead atoms. The molecule has 0 spiro atoms. The number of carbonyl (C=O) groups excluding carboxylic acids is 1. The van der Waals surface area contributed by atoms with Crippen LogP contribution in [0.3, 0.4) is 0 Å². The van der Waals surface area contributed by atoms with Crippen LogP contribution in [0.2, 0.25) is 0 Å². The Balaban J connectivity index is 2.28. The summed E-state index contributed by atoms with van der Waals surface area (Å²) in [6.07, 6.45) is 2.64. The zero-order valence-corrected chi connectivity index (χ0v) is 9.40. The molecule has 0 radical (unpaired) electrons. The van der Waals surface area contributed by atoms with E-state index in [1.54, 1.807) is 6.20 Å². The number of rotatable bonds is 3. The predicted octanol–water partition coefficient (Wildman–Crippen LogP) is 2.85. The van der Waals surface area contributed by atoms with Gasteiger partial charge in [0, 0.05) is 10.0 Å². The van der Waals surface area contributed by atoms with Gasteiger partial charge in [-0.1, -0.05) is 15.9 Å². The van der Waals surface area contributed by atoms with E-state index >= 15 is 0 Å². The maximum atomic E-state index is 10.3. The molecule has 0 saturated heterocycles. The minimum atomic E-state index is 0.267. The Labute approximate surface area is 95.3 Å². The van der Waals surface area contributed by atoms with Gasteiger partial charge in [0.1, 0.15) is 12.0 Å². The number of aldehydes is 1. The SMILES string of the molecule is O=CCc1cnc(-c2ccc(Br)cc2)o1. The van der Waals surface area contributed by atoms with Gasteiger partial charge in [-0.15, -0.1) is 0 Å². The van der Waals surface area contributed by atoms with E-state index in [-0.39, 0.29) is 6.42 Å². The van der Waals surface area contributed by atoms with Crippen molar-refractivity contribution in [2.75, 3.05) is 0 Å². The van der Waals surface area contributed by atoms with Crippen LogP contribution in [-0.4, -0.2) is 11.3 Å². The van der Waals surface area contributed by atoms with Gasteiger partial charge in [-0.25, -0.2) is 4.98 Å². The smallest absolute Gasteiger partial charge is 0.226 e. The molecule has 0 amide bonds. The molecule has 1 aromatic heterocycles. The molecule has 4 heteroatoms. The second-order valence-corrected chi connectivity index (χ2v) is 3.93. The summed E-state index contributed by atoms with van der Waals surface area (Å²) in [6.45, 7) is 0. The molecule has 1 aromatic carbocycles. The summed E-state index contributed by atoms with van der Waals surface area (Å²) < 4.78 is 6.40. The average Bonchev–Trinajstić information content (AvgIpc) is 2.68. The number of carbonyl (C=O) groups is 1. The van der Waals surface area contributed by atoms with Crippen molar-refractivity contribution < 1.29 is 9.21 Å². The van der Waals surface area contributed by atoms with Crippen LogP contribution in [-0.2, 0) is 11.2 Å². The Bertz CT molecular complexity index is 462. The molecule has 2 rings (SSSR count). The minimum absolute atomic E-state index is 0.267. The van der Waals surface area contributed by atoms with Gasteiger partial charge in [-0.3, -0.25) is 0 Å². The second-order valence-electron chi connectivity index (χ2n) is 3.01. The fraction of sp³-hybridized carbons (Fsp3) is 0.0909. The summed E-state index contributed by atoms with van der Waals surface area (Å²) in [5.74, 6) is 1.13. The molecule has 76 valence electrons. The Morgan fingerprint density at radius 2 is 2.07 bits per heavy atom. The van der Waals surface area contributed by atoms with Crippen LogP contribution in [0.15, 0.2) is 39.4 Å². The Morgan fingerprint density at radius 3 is 2.73 bits per heavy atom. The molecular weight excluding hydrogens is 258 g/mol. The van der Waals surface area contributed by atoms with Gasteiger partial charge in [-0.05, 0) is 24.3 Å². The third-order valence-electron chi connectivity index (χ3n) is 1.93. The van der Waals surface area contributed by atoms with Crippen molar-refractivity contribution in [3.8, 4) is 11.5 Å². The number of benzene rings is 1. The summed E-state index contributed by atoms with van der Waals surface area (Å²) in [4.78, 5) is 14.4. The number of hydrogen-bond donors (Lipinski definition) is 0. The maximum absolute atomic E-state index is 10.3. The van der Waals surface area contributed by atoms with E-state index in [0.29, 0.717) is 11.7 Å². The van der Waals surface area contributed by atoms with E-state index in [0.717, 1.165) is 16.3 Å². The highest BCUT2D eigenvalue weighted by Gasteiger charge is 2.05. The molecule has 0 atom stereocenters. The van der Waals surface area contributed by atoms with Crippen molar-refractivity contribution >= 4 is 22.2 Å². The lowest BCUT2D eigenvalue weighted by Crippen LogP contribution is -1.79. The maximum Gasteiger partial charge on any atom is 0.226 e. The highest BCUT2D eigenvalue weighted by Crippen LogP contribution is 2.21. The Hall–Kier alpha value is -1.42. The van der Waals surface area contributed by atoms with E-state index in [4.69, 9.17) is 4.42 Å². The van der Waals surface area contributed by atoms with Crippen molar-refractivity contribution in [1.29, 1.82) is 0 Å². The first kappa shape index (κ1) is 10.1. The molecule has 1 heterocycles. The lowest BCUT2D eigenvalue weighted by atomic mass is 10.2. The summed E-state index contributed by atoms with van der Waals surface area (Å²) in [6, 6.07) is 7.64. The number of nitrogens with zero attached hydrogens (tertiary/aromatic N) is 1. The first-order chi connectivity index (χ1) is 7.29. The van der Waals surface area contributed by atoms with Crippen LogP contribution in [0, 0.1) is 0 Å². The molecule has 2 aromatic rings. The van der Waals surface area contributed by atoms with Crippen molar-refractivity contribution in [2.24, 2.45) is 0 Å². The highest BCUT2D eigenvalue weighted by atomic mass is 79.9. The Morgan fingerprint density at radius 1 is 1.33 bits per heavy atom. The van der Waals surface area contributed by atoms with Gasteiger partial charge in [0.2, 0.25) is 5.89 Å². The van der Waals surface area contributed by atoms with Gasteiger partial charge < -0.3 is 9.21 Å². The lowest BCUT2D eigenvalue weighted by Gasteiger charge is -1.94. The van der Waals surface area contributed by atoms with E-state index in [1.807, 2.05) is 24.3 Å². The van der Waals surface area contributed by atoms with Crippen LogP contribution in [0.25, 0.3) is 11.5 Å². The average molecular weight is 266 g/mol. The highest BCUT2D eigenvalue weighted by molar-refractivity contribution is 9.10. The third-order valence-corrected chi connectivity index (χ3v) is 2.46. The van der Waals surface area contributed by atoms with E-state index < -0.39 is 0 Å². The standard InChI is InChI=1S/C11H8BrNO2/c12-9-3-1-8(2-4-9)11-13-7-10(15-11)5-6-14/h1-4,6-7H,5H2. The fourth-order valence-corrected chi connectivity index (χ4v) is 1.47. The topological polar surface area (TPSA) is 43.1 Å². The van der Waals surface area contributed by atoms with Crippen molar-refractivity contribution in [3.63, 3.8) is 0 Å². The first-order valence-corrected chi connectivity index (χ1v) is 5.23. The normalized spacial score (nSPS) is 10.2. The van der Waals surface area contributed by atoms with Gasteiger partial charge in [0.05, 0.1) is 12.6 Å². The monoisotopic (exact) mass is 265 g/mol. The number of halogens is 1. The van der Waals surface area contributed by atoms with Crippen molar-refractivity contribution in [3.05, 3.63) is 40.7 Å². The van der Waals surface area contributed by atoms with Crippen molar-refractivity contribution in [2.45, 2.75) is 6.42 Å². The summed E-state index contributed by atoms with van der Waals surface area (Å²) in [5, 5.41) is 0. The largest absolute Gasteiger partial charge is 0.441 e. The molecule has 3 nitrogen and oxygen atoms in total. The molecule has 0 aliphatic carbocycles. The number of aromatic nitrogens is 1.